The van der Waals surface area contributed by atoms with Crippen LogP contribution < -0.4 is 0 Å². The van der Waals surface area contributed by atoms with Crippen molar-refractivity contribution < 1.29 is 0 Å². The van der Waals surface area contributed by atoms with Crippen molar-refractivity contribution in [3.63, 3.8) is 0 Å². The van der Waals surface area contributed by atoms with Crippen LogP contribution in [0.3, 0.4) is 0 Å². The molecule has 0 amide bonds. The lowest BCUT2D eigenvalue weighted by atomic mass is 9.70. The molecular formula is C31H28. The zero-order valence-corrected chi connectivity index (χ0v) is 18.7. The van der Waals surface area contributed by atoms with Crippen molar-refractivity contribution in [2.45, 2.75) is 44.9 Å². The SMILES string of the molecule is CC(C)c1ccc2c(c1)-c1c(C(C)C)cccc1C21c2ccccc2-c2ccccc21. The van der Waals surface area contributed by atoms with Gasteiger partial charge >= 0.3 is 0 Å². The molecule has 4 aromatic rings. The zero-order valence-electron chi connectivity index (χ0n) is 18.7. The van der Waals surface area contributed by atoms with Crippen LogP contribution in [0.2, 0.25) is 0 Å². The van der Waals surface area contributed by atoms with Crippen LogP contribution >= 0.6 is 0 Å². The van der Waals surface area contributed by atoms with Crippen LogP contribution in [-0.2, 0) is 5.41 Å². The van der Waals surface area contributed by atoms with Gasteiger partial charge in [0.2, 0.25) is 0 Å². The monoisotopic (exact) mass is 400 g/mol. The van der Waals surface area contributed by atoms with Crippen molar-refractivity contribution in [1.82, 2.24) is 0 Å². The minimum absolute atomic E-state index is 0.224. The minimum atomic E-state index is -0.224. The van der Waals surface area contributed by atoms with E-state index in [2.05, 4.69) is 113 Å². The summed E-state index contributed by atoms with van der Waals surface area (Å²) in [5.74, 6) is 0.993. The lowest BCUT2D eigenvalue weighted by molar-refractivity contribution is 0.787. The molecule has 0 fully saturated rings. The Balaban J connectivity index is 1.83. The molecule has 0 saturated carbocycles. The summed E-state index contributed by atoms with van der Waals surface area (Å²) >= 11 is 0. The predicted molar refractivity (Wildman–Crippen MR) is 131 cm³/mol. The van der Waals surface area contributed by atoms with Crippen molar-refractivity contribution in [2.24, 2.45) is 0 Å². The largest absolute Gasteiger partial charge is 0.0725 e. The van der Waals surface area contributed by atoms with Gasteiger partial charge in [0.05, 0.1) is 5.41 Å². The molecule has 0 heteroatoms. The van der Waals surface area contributed by atoms with Gasteiger partial charge in [-0.05, 0) is 67.5 Å². The Morgan fingerprint density at radius 2 is 1.10 bits per heavy atom. The zero-order chi connectivity index (χ0) is 21.3. The predicted octanol–water partition coefficient (Wildman–Crippen LogP) is 8.28. The maximum Gasteiger partial charge on any atom is 0.0725 e. The molecular weight excluding hydrogens is 372 g/mol. The van der Waals surface area contributed by atoms with E-state index in [-0.39, 0.29) is 5.41 Å². The van der Waals surface area contributed by atoms with Gasteiger partial charge in [-0.1, -0.05) is 113 Å². The van der Waals surface area contributed by atoms with Gasteiger partial charge in [0, 0.05) is 0 Å². The summed E-state index contributed by atoms with van der Waals surface area (Å²) in [6, 6.07) is 32.3. The maximum absolute atomic E-state index is 2.48. The number of hydrogen-bond acceptors (Lipinski definition) is 0. The van der Waals surface area contributed by atoms with E-state index in [1.165, 1.54) is 55.6 Å². The first-order valence-electron chi connectivity index (χ1n) is 11.5. The van der Waals surface area contributed by atoms with Crippen LogP contribution in [0, 0.1) is 0 Å². The molecule has 0 atom stereocenters. The van der Waals surface area contributed by atoms with Gasteiger partial charge in [-0.15, -0.1) is 0 Å². The Hall–Kier alpha value is -3.12. The molecule has 2 aliphatic carbocycles. The Morgan fingerprint density at radius 1 is 0.516 bits per heavy atom. The highest BCUT2D eigenvalue weighted by Crippen LogP contribution is 2.63. The van der Waals surface area contributed by atoms with Crippen LogP contribution in [-0.4, -0.2) is 0 Å². The Bertz CT molecular complexity index is 1290. The lowest BCUT2D eigenvalue weighted by Gasteiger charge is -2.30. The van der Waals surface area contributed by atoms with Gasteiger partial charge in [0.25, 0.3) is 0 Å². The van der Waals surface area contributed by atoms with Gasteiger partial charge in [-0.25, -0.2) is 0 Å². The van der Waals surface area contributed by atoms with Gasteiger partial charge in [-0.2, -0.15) is 0 Å². The Morgan fingerprint density at radius 3 is 1.71 bits per heavy atom. The highest BCUT2D eigenvalue weighted by atomic mass is 14.5. The smallest absolute Gasteiger partial charge is 0.0619 e. The normalized spacial score (nSPS) is 14.6. The average Bonchev–Trinajstić information content (AvgIpc) is 3.26. The van der Waals surface area contributed by atoms with Crippen molar-refractivity contribution in [3.8, 4) is 22.3 Å². The van der Waals surface area contributed by atoms with Crippen molar-refractivity contribution in [2.75, 3.05) is 0 Å². The van der Waals surface area contributed by atoms with Gasteiger partial charge in [0.1, 0.15) is 0 Å². The third-order valence-corrected chi connectivity index (χ3v) is 7.46. The second-order valence-corrected chi connectivity index (χ2v) is 9.73. The summed E-state index contributed by atoms with van der Waals surface area (Å²) in [4.78, 5) is 0. The van der Waals surface area contributed by atoms with E-state index in [1.54, 1.807) is 0 Å². The fourth-order valence-electron chi connectivity index (χ4n) is 6.08. The van der Waals surface area contributed by atoms with E-state index >= 15 is 0 Å². The molecule has 152 valence electrons. The summed E-state index contributed by atoms with van der Waals surface area (Å²) < 4.78 is 0. The second-order valence-electron chi connectivity index (χ2n) is 9.73. The van der Waals surface area contributed by atoms with Crippen molar-refractivity contribution in [1.29, 1.82) is 0 Å². The molecule has 0 aromatic heterocycles. The highest BCUT2D eigenvalue weighted by Gasteiger charge is 2.52. The van der Waals surface area contributed by atoms with Crippen LogP contribution in [0.25, 0.3) is 22.3 Å². The molecule has 1 spiro atoms. The first-order valence-corrected chi connectivity index (χ1v) is 11.5. The van der Waals surface area contributed by atoms with Crippen LogP contribution in [0.4, 0.5) is 0 Å². The molecule has 0 nitrogen and oxygen atoms in total. The topological polar surface area (TPSA) is 0 Å². The second kappa shape index (κ2) is 6.44. The molecule has 2 aliphatic rings. The summed E-state index contributed by atoms with van der Waals surface area (Å²) in [5, 5.41) is 0. The molecule has 0 heterocycles. The fraction of sp³-hybridized carbons (Fsp3) is 0.226. The van der Waals surface area contributed by atoms with E-state index < -0.39 is 0 Å². The number of benzene rings is 4. The molecule has 0 radical (unpaired) electrons. The molecule has 0 saturated heterocycles. The quantitative estimate of drug-likeness (QED) is 0.274. The fourth-order valence-corrected chi connectivity index (χ4v) is 6.08. The van der Waals surface area contributed by atoms with E-state index in [4.69, 9.17) is 0 Å². The van der Waals surface area contributed by atoms with E-state index in [9.17, 15) is 0 Å². The van der Waals surface area contributed by atoms with E-state index in [0.717, 1.165) is 0 Å². The van der Waals surface area contributed by atoms with Gasteiger partial charge in [0.15, 0.2) is 0 Å². The summed E-state index contributed by atoms with van der Waals surface area (Å²) in [7, 11) is 0. The third-order valence-electron chi connectivity index (χ3n) is 7.46. The number of fused-ring (bicyclic) bond motifs is 10. The number of hydrogen-bond donors (Lipinski definition) is 0. The van der Waals surface area contributed by atoms with Crippen LogP contribution in [0.1, 0.15) is 72.9 Å². The molecule has 6 rings (SSSR count). The van der Waals surface area contributed by atoms with Gasteiger partial charge in [-0.3, -0.25) is 0 Å². The lowest BCUT2D eigenvalue weighted by Crippen LogP contribution is -2.25. The minimum Gasteiger partial charge on any atom is -0.0619 e. The first-order chi connectivity index (χ1) is 15.0. The van der Waals surface area contributed by atoms with Crippen molar-refractivity contribution >= 4 is 0 Å². The molecule has 31 heavy (non-hydrogen) atoms. The Kier molecular flexibility index (Phi) is 3.87. The van der Waals surface area contributed by atoms with Gasteiger partial charge < -0.3 is 0 Å². The summed E-state index contributed by atoms with van der Waals surface area (Å²) in [6.45, 7) is 9.23. The number of rotatable bonds is 2. The Labute approximate surface area is 185 Å². The van der Waals surface area contributed by atoms with Crippen LogP contribution in [0.5, 0.6) is 0 Å². The van der Waals surface area contributed by atoms with E-state index in [1.807, 2.05) is 0 Å². The molecule has 0 N–H and O–H groups in total. The molecule has 0 aliphatic heterocycles. The average molecular weight is 401 g/mol. The highest BCUT2D eigenvalue weighted by molar-refractivity contribution is 5.96. The standard InChI is InChI=1S/C31H28/c1-19(2)21-16-17-28-25(18-21)30-22(20(3)4)12-9-15-29(30)31(28)26-13-7-5-10-23(26)24-11-6-8-14-27(24)31/h5-20H,1-4H3. The summed E-state index contributed by atoms with van der Waals surface area (Å²) in [6.07, 6.45) is 0. The van der Waals surface area contributed by atoms with E-state index in [0.29, 0.717) is 11.8 Å². The molecule has 0 bridgehead atoms. The van der Waals surface area contributed by atoms with Crippen LogP contribution in [0.15, 0.2) is 84.9 Å². The summed E-state index contributed by atoms with van der Waals surface area (Å²) in [5.41, 5.74) is 14.0. The molecule has 4 aromatic carbocycles. The van der Waals surface area contributed by atoms with Crippen molar-refractivity contribution in [3.05, 3.63) is 118 Å². The third kappa shape index (κ3) is 2.26. The maximum atomic E-state index is 2.48. The first kappa shape index (κ1) is 18.6. The molecule has 0 unspecified atom stereocenters.